The first-order valence-electron chi connectivity index (χ1n) is 7.91. The van der Waals surface area contributed by atoms with Crippen molar-refractivity contribution in [1.29, 1.82) is 0 Å². The Bertz CT molecular complexity index is 640. The van der Waals surface area contributed by atoms with Crippen molar-refractivity contribution in [3.63, 3.8) is 0 Å². The molecule has 1 saturated heterocycles. The lowest BCUT2D eigenvalue weighted by atomic mass is 10.1. The maximum atomic E-state index is 5.77. The van der Waals surface area contributed by atoms with E-state index in [2.05, 4.69) is 55.8 Å². The maximum Gasteiger partial charge on any atom is 0.226 e. The van der Waals surface area contributed by atoms with Gasteiger partial charge in [0, 0.05) is 25.2 Å². The number of morpholine rings is 1. The quantitative estimate of drug-likeness (QED) is 0.868. The Morgan fingerprint density at radius 3 is 2.59 bits per heavy atom. The molecule has 1 aromatic carbocycles. The fourth-order valence-electron chi connectivity index (χ4n) is 3.20. The molecule has 3 rings (SSSR count). The number of nitrogens with zero attached hydrogens (tertiary/aromatic N) is 2. The van der Waals surface area contributed by atoms with Crippen LogP contribution in [0.1, 0.15) is 30.7 Å². The smallest absolute Gasteiger partial charge is 0.226 e. The third kappa shape index (κ3) is 3.39. The molecule has 0 aliphatic carbocycles. The summed E-state index contributed by atoms with van der Waals surface area (Å²) in [5.74, 6) is 0.710. The van der Waals surface area contributed by atoms with E-state index in [9.17, 15) is 0 Å². The number of benzene rings is 1. The second kappa shape index (κ2) is 6.23. The van der Waals surface area contributed by atoms with Crippen molar-refractivity contribution in [1.82, 2.24) is 9.88 Å². The van der Waals surface area contributed by atoms with E-state index in [1.807, 2.05) is 0 Å². The first-order chi connectivity index (χ1) is 10.5. The molecule has 0 amide bonds. The van der Waals surface area contributed by atoms with Crippen molar-refractivity contribution in [2.75, 3.05) is 13.1 Å². The molecule has 1 aliphatic heterocycles. The molecule has 0 bridgehead atoms. The second-order valence-electron chi connectivity index (χ2n) is 6.41. The topological polar surface area (TPSA) is 38.5 Å². The number of ether oxygens (including phenoxy) is 1. The van der Waals surface area contributed by atoms with Crippen molar-refractivity contribution < 1.29 is 9.15 Å². The number of hydrogen-bond acceptors (Lipinski definition) is 4. The summed E-state index contributed by atoms with van der Waals surface area (Å²) >= 11 is 0. The standard InChI is InChI=1S/C18H24N2O2/c1-12-5-6-17(13(2)7-12)18-19-16(11-21-18)10-20-8-14(3)22-15(4)9-20/h5-7,11,14-15H,8-10H2,1-4H3/t14-,15-/m1/s1. The second-order valence-corrected chi connectivity index (χ2v) is 6.41. The minimum Gasteiger partial charge on any atom is -0.444 e. The zero-order chi connectivity index (χ0) is 15.7. The molecule has 22 heavy (non-hydrogen) atoms. The van der Waals surface area contributed by atoms with Crippen LogP contribution in [0.5, 0.6) is 0 Å². The van der Waals surface area contributed by atoms with E-state index in [0.717, 1.165) is 30.9 Å². The van der Waals surface area contributed by atoms with Crippen LogP contribution >= 0.6 is 0 Å². The molecular formula is C18H24N2O2. The fourth-order valence-corrected chi connectivity index (χ4v) is 3.20. The van der Waals surface area contributed by atoms with Crippen molar-refractivity contribution in [3.05, 3.63) is 41.3 Å². The SMILES string of the molecule is Cc1ccc(-c2nc(CN3C[C@@H](C)O[C@H](C)C3)co2)c(C)c1. The minimum absolute atomic E-state index is 0.273. The summed E-state index contributed by atoms with van der Waals surface area (Å²) in [6, 6.07) is 6.33. The van der Waals surface area contributed by atoms with Gasteiger partial charge in [-0.3, -0.25) is 4.90 Å². The van der Waals surface area contributed by atoms with Gasteiger partial charge in [0.25, 0.3) is 0 Å². The van der Waals surface area contributed by atoms with E-state index in [4.69, 9.17) is 9.15 Å². The van der Waals surface area contributed by atoms with E-state index in [-0.39, 0.29) is 12.2 Å². The average Bonchev–Trinajstić information content (AvgIpc) is 2.85. The summed E-state index contributed by atoms with van der Waals surface area (Å²) in [7, 11) is 0. The van der Waals surface area contributed by atoms with Crippen molar-refractivity contribution in [2.45, 2.75) is 46.4 Å². The lowest BCUT2D eigenvalue weighted by Gasteiger charge is -2.34. The summed E-state index contributed by atoms with van der Waals surface area (Å²) in [6.07, 6.45) is 2.32. The van der Waals surface area contributed by atoms with Crippen LogP contribution in [0.2, 0.25) is 0 Å². The Labute approximate surface area is 132 Å². The fraction of sp³-hybridized carbons (Fsp3) is 0.500. The van der Waals surface area contributed by atoms with Crippen LogP contribution in [0.25, 0.3) is 11.5 Å². The van der Waals surface area contributed by atoms with Crippen LogP contribution in [0, 0.1) is 13.8 Å². The van der Waals surface area contributed by atoms with Gasteiger partial charge in [-0.25, -0.2) is 4.98 Å². The Balaban J connectivity index is 1.73. The van der Waals surface area contributed by atoms with Gasteiger partial charge in [-0.15, -0.1) is 0 Å². The van der Waals surface area contributed by atoms with E-state index in [1.165, 1.54) is 11.1 Å². The third-order valence-corrected chi connectivity index (χ3v) is 4.04. The summed E-state index contributed by atoms with van der Waals surface area (Å²) in [6.45, 7) is 11.1. The maximum absolute atomic E-state index is 5.77. The lowest BCUT2D eigenvalue weighted by Crippen LogP contribution is -2.44. The number of aromatic nitrogens is 1. The first-order valence-corrected chi connectivity index (χ1v) is 7.91. The zero-order valence-electron chi connectivity index (χ0n) is 13.8. The summed E-state index contributed by atoms with van der Waals surface area (Å²) < 4.78 is 11.5. The highest BCUT2D eigenvalue weighted by atomic mass is 16.5. The molecule has 0 spiro atoms. The summed E-state index contributed by atoms with van der Waals surface area (Å²) in [5.41, 5.74) is 4.50. The van der Waals surface area contributed by atoms with Gasteiger partial charge < -0.3 is 9.15 Å². The molecule has 2 atom stereocenters. The molecular weight excluding hydrogens is 276 g/mol. The van der Waals surface area contributed by atoms with Gasteiger partial charge in [0.15, 0.2) is 0 Å². The molecule has 4 nitrogen and oxygen atoms in total. The van der Waals surface area contributed by atoms with E-state index in [1.54, 1.807) is 6.26 Å². The molecule has 118 valence electrons. The molecule has 1 aromatic heterocycles. The van der Waals surface area contributed by atoms with Crippen LogP contribution in [0.15, 0.2) is 28.9 Å². The summed E-state index contributed by atoms with van der Waals surface area (Å²) in [5, 5.41) is 0. The molecule has 4 heteroatoms. The monoisotopic (exact) mass is 300 g/mol. The van der Waals surface area contributed by atoms with Gasteiger partial charge in [0.05, 0.1) is 17.9 Å². The number of rotatable bonds is 3. The Hall–Kier alpha value is -1.65. The molecule has 1 aliphatic rings. The van der Waals surface area contributed by atoms with Crippen molar-refractivity contribution >= 4 is 0 Å². The van der Waals surface area contributed by atoms with Gasteiger partial charge in [-0.1, -0.05) is 17.7 Å². The summed E-state index contributed by atoms with van der Waals surface area (Å²) in [4.78, 5) is 7.04. The molecule has 1 fully saturated rings. The minimum atomic E-state index is 0.273. The molecule has 2 heterocycles. The highest BCUT2D eigenvalue weighted by Crippen LogP contribution is 2.24. The Kier molecular flexibility index (Phi) is 4.32. The number of hydrogen-bond donors (Lipinski definition) is 0. The lowest BCUT2D eigenvalue weighted by molar-refractivity contribution is -0.0707. The molecule has 0 unspecified atom stereocenters. The number of aryl methyl sites for hydroxylation is 2. The normalized spacial score (nSPS) is 22.9. The van der Waals surface area contributed by atoms with Gasteiger partial charge in [-0.05, 0) is 39.3 Å². The first kappa shape index (κ1) is 15.3. The van der Waals surface area contributed by atoms with E-state index >= 15 is 0 Å². The van der Waals surface area contributed by atoms with Crippen LogP contribution in [0.4, 0.5) is 0 Å². The van der Waals surface area contributed by atoms with Gasteiger partial charge in [-0.2, -0.15) is 0 Å². The van der Waals surface area contributed by atoms with Gasteiger partial charge >= 0.3 is 0 Å². The zero-order valence-corrected chi connectivity index (χ0v) is 13.8. The predicted molar refractivity (Wildman–Crippen MR) is 86.7 cm³/mol. The predicted octanol–water partition coefficient (Wildman–Crippen LogP) is 3.57. The van der Waals surface area contributed by atoms with Crippen LogP contribution in [-0.2, 0) is 11.3 Å². The molecule has 2 aromatic rings. The Morgan fingerprint density at radius 1 is 1.18 bits per heavy atom. The number of oxazole rings is 1. The van der Waals surface area contributed by atoms with Crippen LogP contribution in [-0.4, -0.2) is 35.2 Å². The third-order valence-electron chi connectivity index (χ3n) is 4.04. The van der Waals surface area contributed by atoms with E-state index in [0.29, 0.717) is 5.89 Å². The highest BCUT2D eigenvalue weighted by Gasteiger charge is 2.23. The van der Waals surface area contributed by atoms with E-state index < -0.39 is 0 Å². The van der Waals surface area contributed by atoms with Crippen LogP contribution in [0.3, 0.4) is 0 Å². The van der Waals surface area contributed by atoms with Gasteiger partial charge in [0.1, 0.15) is 6.26 Å². The van der Waals surface area contributed by atoms with Crippen LogP contribution < -0.4 is 0 Å². The van der Waals surface area contributed by atoms with Gasteiger partial charge in [0.2, 0.25) is 5.89 Å². The molecule has 0 radical (unpaired) electrons. The average molecular weight is 300 g/mol. The Morgan fingerprint density at radius 2 is 1.91 bits per heavy atom. The van der Waals surface area contributed by atoms with Crippen molar-refractivity contribution in [3.8, 4) is 11.5 Å². The molecule has 0 saturated carbocycles. The molecule has 0 N–H and O–H groups in total. The largest absolute Gasteiger partial charge is 0.444 e. The van der Waals surface area contributed by atoms with Crippen molar-refractivity contribution in [2.24, 2.45) is 0 Å². The highest BCUT2D eigenvalue weighted by molar-refractivity contribution is 5.59.